The Hall–Kier alpha value is -3.22. The molecule has 0 atom stereocenters. The van der Waals surface area contributed by atoms with E-state index in [9.17, 15) is 0 Å². The lowest BCUT2D eigenvalue weighted by atomic mass is 10.0. The molecule has 4 rings (SSSR count). The molecular formula is C22H27N7. The van der Waals surface area contributed by atoms with Crippen molar-refractivity contribution >= 4 is 23.3 Å². The van der Waals surface area contributed by atoms with Crippen molar-refractivity contribution in [3.63, 3.8) is 0 Å². The summed E-state index contributed by atoms with van der Waals surface area (Å²) in [7, 11) is 0. The Labute approximate surface area is 171 Å². The van der Waals surface area contributed by atoms with E-state index in [1.807, 2.05) is 25.1 Å². The van der Waals surface area contributed by atoms with Gasteiger partial charge in [0.15, 0.2) is 0 Å². The largest absolute Gasteiger partial charge is 0.353 e. The Morgan fingerprint density at radius 1 is 0.897 bits per heavy atom. The number of para-hydroxylation sites is 1. The fourth-order valence-electron chi connectivity index (χ4n) is 3.62. The maximum atomic E-state index is 4.68. The summed E-state index contributed by atoms with van der Waals surface area (Å²) in [6, 6.07) is 12.3. The minimum Gasteiger partial charge on any atom is -0.353 e. The SMILES string of the molecule is Cc1nc(Nc2ccccc2C(C)C)cc(N2CCN(c3ncccn3)CC2)n1. The van der Waals surface area contributed by atoms with Crippen LogP contribution in [0.4, 0.5) is 23.3 Å². The normalized spacial score (nSPS) is 14.3. The van der Waals surface area contributed by atoms with Crippen LogP contribution in [-0.4, -0.2) is 46.1 Å². The van der Waals surface area contributed by atoms with E-state index in [-0.39, 0.29) is 0 Å². The minimum absolute atomic E-state index is 0.439. The molecule has 0 radical (unpaired) electrons. The van der Waals surface area contributed by atoms with Gasteiger partial charge >= 0.3 is 0 Å². The van der Waals surface area contributed by atoms with E-state index in [1.165, 1.54) is 5.56 Å². The molecule has 1 saturated heterocycles. The summed E-state index contributed by atoms with van der Waals surface area (Å²) in [5.74, 6) is 3.78. The Morgan fingerprint density at radius 3 is 2.31 bits per heavy atom. The molecule has 0 amide bonds. The van der Waals surface area contributed by atoms with E-state index in [0.717, 1.165) is 55.3 Å². The molecule has 1 N–H and O–H groups in total. The number of rotatable bonds is 5. The second-order valence-corrected chi connectivity index (χ2v) is 7.55. The van der Waals surface area contributed by atoms with Gasteiger partial charge < -0.3 is 15.1 Å². The average molecular weight is 390 g/mol. The van der Waals surface area contributed by atoms with Crippen LogP contribution in [0, 0.1) is 6.92 Å². The van der Waals surface area contributed by atoms with Crippen LogP contribution in [-0.2, 0) is 0 Å². The van der Waals surface area contributed by atoms with Crippen molar-refractivity contribution in [1.82, 2.24) is 19.9 Å². The van der Waals surface area contributed by atoms with Crippen molar-refractivity contribution in [3.8, 4) is 0 Å². The zero-order valence-electron chi connectivity index (χ0n) is 17.2. The molecule has 7 heteroatoms. The van der Waals surface area contributed by atoms with E-state index in [1.54, 1.807) is 12.4 Å². The van der Waals surface area contributed by atoms with Gasteiger partial charge in [-0.3, -0.25) is 0 Å². The highest BCUT2D eigenvalue weighted by atomic mass is 15.3. The van der Waals surface area contributed by atoms with Gasteiger partial charge in [0.2, 0.25) is 5.95 Å². The summed E-state index contributed by atoms with van der Waals surface area (Å²) in [6.07, 6.45) is 3.57. The van der Waals surface area contributed by atoms with E-state index >= 15 is 0 Å². The highest BCUT2D eigenvalue weighted by Gasteiger charge is 2.20. The second-order valence-electron chi connectivity index (χ2n) is 7.55. The predicted octanol–water partition coefficient (Wildman–Crippen LogP) is 3.77. The summed E-state index contributed by atoms with van der Waals surface area (Å²) in [6.45, 7) is 9.82. The second kappa shape index (κ2) is 8.43. The van der Waals surface area contributed by atoms with Crippen LogP contribution in [0.5, 0.6) is 0 Å². The van der Waals surface area contributed by atoms with Gasteiger partial charge in [-0.15, -0.1) is 0 Å². The van der Waals surface area contributed by atoms with E-state index in [2.05, 4.69) is 67.1 Å². The lowest BCUT2D eigenvalue weighted by Crippen LogP contribution is -2.47. The molecule has 29 heavy (non-hydrogen) atoms. The van der Waals surface area contributed by atoms with Crippen molar-refractivity contribution < 1.29 is 0 Å². The van der Waals surface area contributed by atoms with Crippen LogP contribution in [0.15, 0.2) is 48.8 Å². The molecule has 3 heterocycles. The van der Waals surface area contributed by atoms with Crippen molar-refractivity contribution in [2.24, 2.45) is 0 Å². The number of anilines is 4. The maximum absolute atomic E-state index is 4.68. The van der Waals surface area contributed by atoms with Gasteiger partial charge in [0.05, 0.1) is 0 Å². The van der Waals surface area contributed by atoms with Gasteiger partial charge in [0, 0.05) is 50.3 Å². The van der Waals surface area contributed by atoms with Crippen LogP contribution < -0.4 is 15.1 Å². The highest BCUT2D eigenvalue weighted by Crippen LogP contribution is 2.27. The van der Waals surface area contributed by atoms with Crippen LogP contribution in [0.2, 0.25) is 0 Å². The number of hydrogen-bond donors (Lipinski definition) is 1. The number of nitrogens with one attached hydrogen (secondary N) is 1. The number of nitrogens with zero attached hydrogens (tertiary/aromatic N) is 6. The molecule has 0 saturated carbocycles. The number of aryl methyl sites for hydroxylation is 1. The Morgan fingerprint density at radius 2 is 1.59 bits per heavy atom. The first-order valence-corrected chi connectivity index (χ1v) is 10.1. The molecule has 0 bridgehead atoms. The third kappa shape index (κ3) is 4.45. The molecule has 0 unspecified atom stereocenters. The molecule has 0 aliphatic carbocycles. The third-order valence-electron chi connectivity index (χ3n) is 5.11. The summed E-state index contributed by atoms with van der Waals surface area (Å²) >= 11 is 0. The lowest BCUT2D eigenvalue weighted by Gasteiger charge is -2.35. The molecule has 1 aromatic carbocycles. The lowest BCUT2D eigenvalue weighted by molar-refractivity contribution is 0.633. The van der Waals surface area contributed by atoms with Gasteiger partial charge in [-0.1, -0.05) is 32.0 Å². The maximum Gasteiger partial charge on any atom is 0.225 e. The van der Waals surface area contributed by atoms with Gasteiger partial charge in [0.1, 0.15) is 17.5 Å². The predicted molar refractivity (Wildman–Crippen MR) is 117 cm³/mol. The van der Waals surface area contributed by atoms with E-state index in [0.29, 0.717) is 5.92 Å². The zero-order valence-corrected chi connectivity index (χ0v) is 17.2. The van der Waals surface area contributed by atoms with Crippen LogP contribution in [0.3, 0.4) is 0 Å². The number of benzene rings is 1. The molecule has 1 aliphatic heterocycles. The number of aromatic nitrogens is 4. The average Bonchev–Trinajstić information content (AvgIpc) is 2.74. The highest BCUT2D eigenvalue weighted by molar-refractivity contribution is 5.63. The third-order valence-corrected chi connectivity index (χ3v) is 5.11. The Kier molecular flexibility index (Phi) is 5.55. The van der Waals surface area contributed by atoms with Crippen molar-refractivity contribution in [3.05, 3.63) is 60.2 Å². The van der Waals surface area contributed by atoms with Crippen molar-refractivity contribution in [1.29, 1.82) is 0 Å². The number of piperazine rings is 1. The summed E-state index contributed by atoms with van der Waals surface area (Å²) in [5, 5.41) is 3.50. The Bertz CT molecular complexity index is 950. The minimum atomic E-state index is 0.439. The van der Waals surface area contributed by atoms with E-state index in [4.69, 9.17) is 0 Å². The summed E-state index contributed by atoms with van der Waals surface area (Å²) in [5.41, 5.74) is 2.37. The van der Waals surface area contributed by atoms with Crippen molar-refractivity contribution in [2.45, 2.75) is 26.7 Å². The molecule has 1 fully saturated rings. The standard InChI is InChI=1S/C22H27N7/c1-16(2)18-7-4-5-8-19(18)27-20-15-21(26-17(3)25-20)28-11-13-29(14-12-28)22-23-9-6-10-24-22/h4-10,15-16H,11-14H2,1-3H3,(H,25,26,27). The van der Waals surface area contributed by atoms with Crippen LogP contribution >= 0.6 is 0 Å². The monoisotopic (exact) mass is 389 g/mol. The fraction of sp³-hybridized carbons (Fsp3) is 0.364. The molecule has 3 aromatic rings. The summed E-state index contributed by atoms with van der Waals surface area (Å²) < 4.78 is 0. The Balaban J connectivity index is 1.50. The van der Waals surface area contributed by atoms with Gasteiger partial charge in [-0.25, -0.2) is 19.9 Å². The molecule has 0 spiro atoms. The smallest absolute Gasteiger partial charge is 0.225 e. The van der Waals surface area contributed by atoms with Crippen LogP contribution in [0.1, 0.15) is 31.2 Å². The molecule has 150 valence electrons. The number of hydrogen-bond acceptors (Lipinski definition) is 7. The topological polar surface area (TPSA) is 70.1 Å². The first kappa shape index (κ1) is 19.1. The van der Waals surface area contributed by atoms with Gasteiger partial charge in [-0.2, -0.15) is 0 Å². The van der Waals surface area contributed by atoms with Crippen LogP contribution in [0.25, 0.3) is 0 Å². The quantitative estimate of drug-likeness (QED) is 0.712. The van der Waals surface area contributed by atoms with Crippen molar-refractivity contribution in [2.75, 3.05) is 41.3 Å². The fourth-order valence-corrected chi connectivity index (χ4v) is 3.62. The first-order valence-electron chi connectivity index (χ1n) is 10.1. The van der Waals surface area contributed by atoms with E-state index < -0.39 is 0 Å². The van der Waals surface area contributed by atoms with Gasteiger partial charge in [0.25, 0.3) is 0 Å². The van der Waals surface area contributed by atoms with Gasteiger partial charge in [-0.05, 0) is 30.5 Å². The molecule has 1 aliphatic rings. The molecule has 2 aromatic heterocycles. The zero-order chi connectivity index (χ0) is 20.2. The molecule has 7 nitrogen and oxygen atoms in total. The first-order chi connectivity index (χ1) is 14.1. The molecular weight excluding hydrogens is 362 g/mol. The summed E-state index contributed by atoms with van der Waals surface area (Å²) in [4.78, 5) is 22.5.